The van der Waals surface area contributed by atoms with Gasteiger partial charge in [-0.25, -0.2) is 0 Å². The summed E-state index contributed by atoms with van der Waals surface area (Å²) < 4.78 is 9.60. The molecule has 3 aromatic rings. The number of amides is 2. The number of nitrogens with zero attached hydrogens (tertiary/aromatic N) is 2. The van der Waals surface area contributed by atoms with Crippen LogP contribution in [0.25, 0.3) is 0 Å². The number of aromatic nitrogens is 2. The monoisotopic (exact) mass is 438 g/mol. The Morgan fingerprint density at radius 3 is 2.23 bits per heavy atom. The molecule has 0 spiro atoms. The summed E-state index contributed by atoms with van der Waals surface area (Å²) in [5.41, 5.74) is 8.13. The predicted molar refractivity (Wildman–Crippen MR) is 120 cm³/mol. The number of hydrazine groups is 1. The molecular weight excluding hydrogens is 412 g/mol. The zero-order valence-electron chi connectivity index (χ0n) is 18.1. The first kappa shape index (κ1) is 22.4. The Kier molecular flexibility index (Phi) is 7.02. The lowest BCUT2D eigenvalue weighted by atomic mass is 9.87. The Labute approximate surface area is 186 Å². The summed E-state index contributed by atoms with van der Waals surface area (Å²) in [6.07, 6.45) is 0.595. The van der Waals surface area contributed by atoms with Crippen molar-refractivity contribution in [2.24, 2.45) is 0 Å². The van der Waals surface area contributed by atoms with E-state index in [1.54, 1.807) is 12.1 Å². The van der Waals surface area contributed by atoms with Gasteiger partial charge in [0.05, 0.1) is 5.69 Å². The molecule has 0 radical (unpaired) electrons. The number of hydrogen-bond donors (Lipinski definition) is 2. The van der Waals surface area contributed by atoms with Crippen molar-refractivity contribution in [3.63, 3.8) is 0 Å². The van der Waals surface area contributed by atoms with E-state index in [4.69, 9.17) is 4.74 Å². The molecule has 31 heavy (non-hydrogen) atoms. The summed E-state index contributed by atoms with van der Waals surface area (Å²) in [6.45, 7) is 8.80. The van der Waals surface area contributed by atoms with Crippen molar-refractivity contribution in [1.29, 1.82) is 0 Å². The third kappa shape index (κ3) is 5.88. The predicted octanol–water partition coefficient (Wildman–Crippen LogP) is 4.05. The van der Waals surface area contributed by atoms with Crippen molar-refractivity contribution in [3.8, 4) is 5.75 Å². The molecule has 0 unspecified atom stereocenters. The van der Waals surface area contributed by atoms with Gasteiger partial charge in [0.1, 0.15) is 17.2 Å². The first-order valence-electron chi connectivity index (χ1n) is 10.0. The molecule has 0 aliphatic rings. The molecule has 0 bridgehead atoms. The van der Waals surface area contributed by atoms with Gasteiger partial charge >= 0.3 is 0 Å². The summed E-state index contributed by atoms with van der Waals surface area (Å²) in [5.74, 6) is -0.0432. The molecule has 3 rings (SSSR count). The molecule has 1 heterocycles. The molecule has 7 nitrogen and oxygen atoms in total. The zero-order chi connectivity index (χ0) is 22.4. The van der Waals surface area contributed by atoms with Gasteiger partial charge in [0.25, 0.3) is 11.8 Å². The molecule has 1 aromatic heterocycles. The number of benzene rings is 2. The lowest BCUT2D eigenvalue weighted by Gasteiger charge is -2.19. The molecule has 0 fully saturated rings. The number of aryl methyl sites for hydroxylation is 1. The van der Waals surface area contributed by atoms with Crippen LogP contribution in [-0.2, 0) is 18.4 Å². The Balaban J connectivity index is 1.51. The van der Waals surface area contributed by atoms with Gasteiger partial charge < -0.3 is 4.74 Å². The second-order valence-corrected chi connectivity index (χ2v) is 8.82. The number of ether oxygens (including phenoxy) is 1. The van der Waals surface area contributed by atoms with Crippen LogP contribution in [0.2, 0.25) is 0 Å². The number of nitrogens with one attached hydrogen (secondary N) is 2. The fraction of sp³-hybridized carbons (Fsp3) is 0.304. The first-order valence-corrected chi connectivity index (χ1v) is 10.8. The SMILES string of the molecule is CCc1nnsc1C(=O)NNC(=O)c1ccc(COc2ccc(C(C)(C)C)cc2)cc1. The Morgan fingerprint density at radius 2 is 1.61 bits per heavy atom. The van der Waals surface area contributed by atoms with E-state index in [2.05, 4.69) is 53.3 Å². The van der Waals surface area contributed by atoms with Crippen molar-refractivity contribution in [2.75, 3.05) is 0 Å². The van der Waals surface area contributed by atoms with Crippen molar-refractivity contribution in [3.05, 3.63) is 75.8 Å². The van der Waals surface area contributed by atoms with Gasteiger partial charge in [-0.2, -0.15) is 0 Å². The van der Waals surface area contributed by atoms with Crippen LogP contribution < -0.4 is 15.6 Å². The number of carbonyl (C=O) groups is 2. The van der Waals surface area contributed by atoms with Crippen LogP contribution in [-0.4, -0.2) is 21.4 Å². The maximum Gasteiger partial charge on any atom is 0.283 e. The largest absolute Gasteiger partial charge is 0.489 e. The highest BCUT2D eigenvalue weighted by Gasteiger charge is 2.16. The molecule has 0 aliphatic heterocycles. The number of rotatable bonds is 6. The number of carbonyl (C=O) groups excluding carboxylic acids is 2. The third-order valence-corrected chi connectivity index (χ3v) is 5.50. The smallest absolute Gasteiger partial charge is 0.283 e. The summed E-state index contributed by atoms with van der Waals surface area (Å²) in [6, 6.07) is 15.1. The topological polar surface area (TPSA) is 93.2 Å². The van der Waals surface area contributed by atoms with Crippen LogP contribution in [0.5, 0.6) is 5.75 Å². The normalized spacial score (nSPS) is 11.1. The van der Waals surface area contributed by atoms with Crippen LogP contribution in [0.15, 0.2) is 48.5 Å². The van der Waals surface area contributed by atoms with Gasteiger partial charge in [0.2, 0.25) is 0 Å². The zero-order valence-corrected chi connectivity index (χ0v) is 18.9. The Bertz CT molecular complexity index is 1040. The maximum atomic E-state index is 12.3. The van der Waals surface area contributed by atoms with Gasteiger partial charge in [0.15, 0.2) is 0 Å². The Hall–Kier alpha value is -3.26. The van der Waals surface area contributed by atoms with Crippen LogP contribution in [0.4, 0.5) is 0 Å². The molecule has 0 aliphatic carbocycles. The highest BCUT2D eigenvalue weighted by Crippen LogP contribution is 2.24. The van der Waals surface area contributed by atoms with Crippen molar-refractivity contribution < 1.29 is 14.3 Å². The quantitative estimate of drug-likeness (QED) is 0.566. The van der Waals surface area contributed by atoms with Crippen molar-refractivity contribution in [2.45, 2.75) is 46.1 Å². The van der Waals surface area contributed by atoms with Gasteiger partial charge in [-0.05, 0) is 58.8 Å². The minimum Gasteiger partial charge on any atom is -0.489 e. The summed E-state index contributed by atoms with van der Waals surface area (Å²) in [5, 5.41) is 3.89. The van der Waals surface area contributed by atoms with E-state index in [-0.39, 0.29) is 5.41 Å². The molecule has 0 atom stereocenters. The van der Waals surface area contributed by atoms with E-state index in [1.165, 1.54) is 5.56 Å². The fourth-order valence-corrected chi connectivity index (χ4v) is 3.47. The molecular formula is C23H26N4O3S. The van der Waals surface area contributed by atoms with Crippen LogP contribution in [0.3, 0.4) is 0 Å². The van der Waals surface area contributed by atoms with E-state index in [9.17, 15) is 9.59 Å². The van der Waals surface area contributed by atoms with Gasteiger partial charge in [-0.15, -0.1) is 5.10 Å². The molecule has 162 valence electrons. The van der Waals surface area contributed by atoms with Crippen LogP contribution in [0, 0.1) is 0 Å². The van der Waals surface area contributed by atoms with Gasteiger partial charge in [-0.1, -0.05) is 56.4 Å². The lowest BCUT2D eigenvalue weighted by Crippen LogP contribution is -2.41. The average molecular weight is 439 g/mol. The Morgan fingerprint density at radius 1 is 0.968 bits per heavy atom. The number of hydrogen-bond acceptors (Lipinski definition) is 6. The van der Waals surface area contributed by atoms with Crippen LogP contribution in [0.1, 0.15) is 64.5 Å². The highest BCUT2D eigenvalue weighted by molar-refractivity contribution is 7.08. The second-order valence-electron chi connectivity index (χ2n) is 8.07. The van der Waals surface area contributed by atoms with E-state index in [0.717, 1.165) is 22.8 Å². The fourth-order valence-electron chi connectivity index (χ4n) is 2.83. The standard InChI is InChI=1S/C23H26N4O3S/c1-5-19-20(31-27-24-19)22(29)26-25-21(28)16-8-6-15(7-9-16)14-30-18-12-10-17(11-13-18)23(2,3)4/h6-13H,5,14H2,1-4H3,(H,25,28)(H,26,29). The maximum absolute atomic E-state index is 12.3. The van der Waals surface area contributed by atoms with Crippen molar-refractivity contribution in [1.82, 2.24) is 20.4 Å². The van der Waals surface area contributed by atoms with E-state index < -0.39 is 11.8 Å². The van der Waals surface area contributed by atoms with Gasteiger partial charge in [-0.3, -0.25) is 20.4 Å². The summed E-state index contributed by atoms with van der Waals surface area (Å²) >= 11 is 0.999. The third-order valence-electron chi connectivity index (χ3n) is 4.73. The summed E-state index contributed by atoms with van der Waals surface area (Å²) in [4.78, 5) is 24.8. The molecule has 2 amide bonds. The molecule has 2 N–H and O–H groups in total. The first-order chi connectivity index (χ1) is 14.8. The van der Waals surface area contributed by atoms with E-state index in [1.807, 2.05) is 31.2 Å². The highest BCUT2D eigenvalue weighted by atomic mass is 32.1. The minimum atomic E-state index is -0.428. The molecule has 2 aromatic carbocycles. The van der Waals surface area contributed by atoms with E-state index >= 15 is 0 Å². The molecule has 8 heteroatoms. The van der Waals surface area contributed by atoms with E-state index in [0.29, 0.717) is 29.2 Å². The van der Waals surface area contributed by atoms with Crippen LogP contribution >= 0.6 is 11.5 Å². The van der Waals surface area contributed by atoms with Gasteiger partial charge in [0, 0.05) is 5.56 Å². The minimum absolute atomic E-state index is 0.101. The second kappa shape index (κ2) is 9.70. The lowest BCUT2D eigenvalue weighted by molar-refractivity contribution is 0.0848. The average Bonchev–Trinajstić information content (AvgIpc) is 3.25. The molecule has 0 saturated heterocycles. The summed E-state index contributed by atoms with van der Waals surface area (Å²) in [7, 11) is 0. The molecule has 0 saturated carbocycles. The van der Waals surface area contributed by atoms with Crippen molar-refractivity contribution >= 4 is 23.3 Å².